The summed E-state index contributed by atoms with van der Waals surface area (Å²) >= 11 is 0. The Morgan fingerprint density at radius 2 is 1.93 bits per heavy atom. The average Bonchev–Trinajstić information content (AvgIpc) is 3.26. The lowest BCUT2D eigenvalue weighted by atomic mass is 9.76. The third-order valence-corrected chi connectivity index (χ3v) is 6.54. The number of benzene rings is 1. The normalized spacial score (nSPS) is 32.6. The van der Waals surface area contributed by atoms with Crippen molar-refractivity contribution in [3.8, 4) is 11.5 Å². The number of hydrogen-bond acceptors (Lipinski definition) is 7. The molecular weight excluding hydrogens is 376 g/mol. The lowest BCUT2D eigenvalue weighted by Crippen LogP contribution is -2.53. The molecule has 3 aliphatic rings. The number of epoxide rings is 1. The molecule has 3 aliphatic heterocycles. The molecule has 0 radical (unpaired) electrons. The molecule has 1 N–H and O–H groups in total. The molecule has 0 amide bonds. The quantitative estimate of drug-likeness (QED) is 0.535. The summed E-state index contributed by atoms with van der Waals surface area (Å²) in [4.78, 5) is 25.4. The van der Waals surface area contributed by atoms with Crippen LogP contribution in [0.4, 0.5) is 0 Å². The first-order valence-electron chi connectivity index (χ1n) is 10.0. The summed E-state index contributed by atoms with van der Waals surface area (Å²) in [5, 5.41) is 11.2. The zero-order chi connectivity index (χ0) is 20.7. The molecule has 2 saturated heterocycles. The van der Waals surface area contributed by atoms with Crippen LogP contribution in [0.5, 0.6) is 11.5 Å². The Morgan fingerprint density at radius 3 is 2.62 bits per heavy atom. The van der Waals surface area contributed by atoms with Gasteiger partial charge in [-0.3, -0.25) is 4.79 Å². The number of phenolic OH excluding ortho intramolecular Hbond substituents is 1. The Hall–Kier alpha value is -2.54. The van der Waals surface area contributed by atoms with Crippen LogP contribution in [0.25, 0.3) is 11.0 Å². The summed E-state index contributed by atoms with van der Waals surface area (Å²) in [5.41, 5.74) is -1.21. The van der Waals surface area contributed by atoms with Crippen LogP contribution in [0, 0.1) is 6.92 Å². The standard InChI is InChI=1S/C22H24O7/c1-10-8-13(23)17-14(26-10)9-15-16(18(17)24)12-6-5-7-22(11(2)28-22)20(25)27-19(12)21(3,4)29-15/h8-9,11-12,19,24H,5-7H2,1-4H3/t11-,12-,19-,22-/m1/s1. The topological polar surface area (TPSA) is 98.5 Å². The fraction of sp³-hybridized carbons (Fsp3) is 0.545. The molecule has 2 aromatic rings. The van der Waals surface area contributed by atoms with E-state index < -0.39 is 17.3 Å². The molecule has 0 unspecified atom stereocenters. The van der Waals surface area contributed by atoms with E-state index in [1.807, 2.05) is 20.8 Å². The van der Waals surface area contributed by atoms with E-state index >= 15 is 0 Å². The highest BCUT2D eigenvalue weighted by molar-refractivity contribution is 5.88. The Bertz CT molecular complexity index is 1100. The third kappa shape index (κ3) is 2.53. The number of hydrogen-bond donors (Lipinski definition) is 1. The first-order valence-corrected chi connectivity index (χ1v) is 10.0. The molecule has 2 fully saturated rings. The van der Waals surface area contributed by atoms with Crippen molar-refractivity contribution in [3.05, 3.63) is 33.7 Å². The van der Waals surface area contributed by atoms with Crippen LogP contribution in [-0.4, -0.2) is 34.5 Å². The maximum atomic E-state index is 12.9. The van der Waals surface area contributed by atoms with Gasteiger partial charge >= 0.3 is 5.97 Å². The second-order valence-electron chi connectivity index (χ2n) is 8.91. The maximum absolute atomic E-state index is 12.9. The van der Waals surface area contributed by atoms with Gasteiger partial charge in [-0.2, -0.15) is 0 Å². The van der Waals surface area contributed by atoms with Gasteiger partial charge in [0.2, 0.25) is 0 Å². The highest BCUT2D eigenvalue weighted by Gasteiger charge is 2.63. The molecular formula is C22H24O7. The second kappa shape index (κ2) is 5.75. The molecule has 1 aromatic heterocycles. The van der Waals surface area contributed by atoms with Crippen LogP contribution in [0.2, 0.25) is 0 Å². The zero-order valence-electron chi connectivity index (χ0n) is 16.9. The highest BCUT2D eigenvalue weighted by Crippen LogP contribution is 2.53. The minimum absolute atomic E-state index is 0.125. The van der Waals surface area contributed by atoms with Crippen LogP contribution < -0.4 is 10.2 Å². The van der Waals surface area contributed by atoms with Crippen LogP contribution in [0.15, 0.2) is 21.3 Å². The molecule has 0 saturated carbocycles. The Morgan fingerprint density at radius 1 is 1.21 bits per heavy atom. The largest absolute Gasteiger partial charge is 0.507 e. The second-order valence-corrected chi connectivity index (χ2v) is 8.91. The summed E-state index contributed by atoms with van der Waals surface area (Å²) < 4.78 is 23.4. The van der Waals surface area contributed by atoms with Crippen LogP contribution >= 0.6 is 0 Å². The Kier molecular flexibility index (Phi) is 3.67. The van der Waals surface area contributed by atoms with E-state index in [-0.39, 0.29) is 40.1 Å². The van der Waals surface area contributed by atoms with Gasteiger partial charge in [0.25, 0.3) is 0 Å². The number of ether oxygens (including phenoxy) is 3. The zero-order valence-corrected chi connectivity index (χ0v) is 16.9. The summed E-state index contributed by atoms with van der Waals surface area (Å²) in [6.07, 6.45) is 1.21. The maximum Gasteiger partial charge on any atom is 0.341 e. The van der Waals surface area contributed by atoms with Gasteiger partial charge in [0.05, 0.1) is 6.10 Å². The van der Waals surface area contributed by atoms with Crippen LogP contribution in [0.3, 0.4) is 0 Å². The monoisotopic (exact) mass is 400 g/mol. The molecule has 1 aromatic carbocycles. The van der Waals surface area contributed by atoms with Crippen molar-refractivity contribution < 1.29 is 28.5 Å². The van der Waals surface area contributed by atoms with E-state index in [0.717, 1.165) is 6.42 Å². The first kappa shape index (κ1) is 18.5. The molecule has 1 spiro atoms. The summed E-state index contributed by atoms with van der Waals surface area (Å²) in [6.45, 7) is 7.28. The molecule has 29 heavy (non-hydrogen) atoms. The van der Waals surface area contributed by atoms with E-state index in [1.54, 1.807) is 13.0 Å². The SMILES string of the molecule is Cc1cc(=O)c2c(O)c3c(cc2o1)OC(C)(C)[C@@H]1OC(=O)[C@]2(CCC[C@H]31)O[C@@H]2C. The van der Waals surface area contributed by atoms with E-state index in [9.17, 15) is 14.7 Å². The minimum Gasteiger partial charge on any atom is -0.507 e. The van der Waals surface area contributed by atoms with Crippen molar-refractivity contribution in [2.45, 2.75) is 76.3 Å². The highest BCUT2D eigenvalue weighted by atomic mass is 16.7. The van der Waals surface area contributed by atoms with E-state index in [4.69, 9.17) is 18.6 Å². The van der Waals surface area contributed by atoms with Crippen LogP contribution in [0.1, 0.15) is 57.3 Å². The number of esters is 1. The lowest BCUT2D eigenvalue weighted by Gasteiger charge is -2.45. The number of phenols is 1. The molecule has 7 heteroatoms. The van der Waals surface area contributed by atoms with Gasteiger partial charge in [-0.05, 0) is 47.0 Å². The van der Waals surface area contributed by atoms with Crippen molar-refractivity contribution in [1.29, 1.82) is 0 Å². The van der Waals surface area contributed by atoms with Gasteiger partial charge in [0.1, 0.15) is 39.9 Å². The van der Waals surface area contributed by atoms with E-state index in [0.29, 0.717) is 29.9 Å². The van der Waals surface area contributed by atoms with Crippen molar-refractivity contribution in [2.24, 2.45) is 0 Å². The number of carbonyl (C=O) groups is 1. The molecule has 7 nitrogen and oxygen atoms in total. The Balaban J connectivity index is 1.67. The number of carbonyl (C=O) groups excluding carboxylic acids is 1. The minimum atomic E-state index is -0.856. The van der Waals surface area contributed by atoms with Gasteiger partial charge in [-0.1, -0.05) is 0 Å². The molecule has 4 heterocycles. The average molecular weight is 400 g/mol. The predicted octanol–water partition coefficient (Wildman–Crippen LogP) is 3.31. The summed E-state index contributed by atoms with van der Waals surface area (Å²) in [5.74, 6) is 0.0829. The summed E-state index contributed by atoms with van der Waals surface area (Å²) in [6, 6.07) is 3.01. The van der Waals surface area contributed by atoms with E-state index in [2.05, 4.69) is 0 Å². The fourth-order valence-electron chi connectivity index (χ4n) is 5.01. The van der Waals surface area contributed by atoms with Gasteiger partial charge < -0.3 is 23.7 Å². The van der Waals surface area contributed by atoms with Crippen LogP contribution in [-0.2, 0) is 14.3 Å². The Labute approximate surface area is 167 Å². The third-order valence-electron chi connectivity index (χ3n) is 6.54. The number of aryl methyl sites for hydroxylation is 1. The number of fused-ring (bicyclic) bond motifs is 4. The molecule has 4 atom stereocenters. The summed E-state index contributed by atoms with van der Waals surface area (Å²) in [7, 11) is 0. The van der Waals surface area contributed by atoms with Gasteiger partial charge in [0.15, 0.2) is 11.0 Å². The van der Waals surface area contributed by atoms with Gasteiger partial charge in [-0.25, -0.2) is 4.79 Å². The number of aromatic hydroxyl groups is 1. The fourth-order valence-corrected chi connectivity index (χ4v) is 5.01. The van der Waals surface area contributed by atoms with Crippen molar-refractivity contribution in [2.75, 3.05) is 0 Å². The predicted molar refractivity (Wildman–Crippen MR) is 103 cm³/mol. The van der Waals surface area contributed by atoms with Crippen molar-refractivity contribution in [3.63, 3.8) is 0 Å². The smallest absolute Gasteiger partial charge is 0.341 e. The molecule has 0 aliphatic carbocycles. The molecule has 154 valence electrons. The van der Waals surface area contributed by atoms with Crippen molar-refractivity contribution in [1.82, 2.24) is 0 Å². The van der Waals surface area contributed by atoms with Gasteiger partial charge in [0, 0.05) is 23.6 Å². The van der Waals surface area contributed by atoms with Gasteiger partial charge in [-0.15, -0.1) is 0 Å². The van der Waals surface area contributed by atoms with E-state index in [1.165, 1.54) is 6.07 Å². The number of rotatable bonds is 0. The lowest BCUT2D eigenvalue weighted by molar-refractivity contribution is -0.173. The molecule has 0 bridgehead atoms. The first-order chi connectivity index (χ1) is 13.6. The van der Waals surface area contributed by atoms with Crippen molar-refractivity contribution >= 4 is 16.9 Å². The molecule has 5 rings (SSSR count).